The number of carbonyl (C=O) groups is 2. The maximum atomic E-state index is 13.0. The van der Waals surface area contributed by atoms with Crippen LogP contribution in [-0.2, 0) is 10.2 Å². The Morgan fingerprint density at radius 3 is 2.21 bits per heavy atom. The van der Waals surface area contributed by atoms with Crippen molar-refractivity contribution < 1.29 is 9.59 Å². The lowest BCUT2D eigenvalue weighted by Gasteiger charge is -2.51. The fourth-order valence-corrected chi connectivity index (χ4v) is 5.36. The minimum absolute atomic E-state index is 0.0169. The summed E-state index contributed by atoms with van der Waals surface area (Å²) in [5.41, 5.74) is 6.07. The van der Waals surface area contributed by atoms with Gasteiger partial charge in [-0.1, -0.05) is 43.3 Å². The van der Waals surface area contributed by atoms with Crippen LogP contribution in [0.4, 0.5) is 11.4 Å². The first kappa shape index (κ1) is 22.8. The Balaban J connectivity index is 1.80. The van der Waals surface area contributed by atoms with Crippen molar-refractivity contribution in [2.24, 2.45) is 0 Å². The predicted molar refractivity (Wildman–Crippen MR) is 135 cm³/mol. The molecule has 1 atom stereocenters. The molecule has 1 aliphatic heterocycles. The van der Waals surface area contributed by atoms with Crippen LogP contribution in [0.1, 0.15) is 66.7 Å². The van der Waals surface area contributed by atoms with E-state index in [1.54, 1.807) is 6.92 Å². The number of hydrogen-bond donors (Lipinski definition) is 1. The van der Waals surface area contributed by atoms with E-state index in [0.29, 0.717) is 5.56 Å². The molecule has 2 amide bonds. The fourth-order valence-electron chi connectivity index (χ4n) is 5.36. The van der Waals surface area contributed by atoms with Gasteiger partial charge in [-0.15, -0.1) is 0 Å². The molecule has 33 heavy (non-hydrogen) atoms. The number of benzene rings is 3. The van der Waals surface area contributed by atoms with Crippen LogP contribution in [0, 0.1) is 13.8 Å². The fraction of sp³-hybridized carbons (Fsp3) is 0.310. The molecule has 0 aromatic heterocycles. The van der Waals surface area contributed by atoms with E-state index in [1.807, 2.05) is 61.2 Å². The molecule has 3 aromatic rings. The maximum Gasteiger partial charge on any atom is 0.255 e. The topological polar surface area (TPSA) is 49.4 Å². The maximum absolute atomic E-state index is 13.0. The van der Waals surface area contributed by atoms with Crippen LogP contribution in [-0.4, -0.2) is 17.4 Å². The number of nitrogens with one attached hydrogen (secondary N) is 1. The first-order valence-electron chi connectivity index (χ1n) is 11.4. The molecule has 4 nitrogen and oxygen atoms in total. The van der Waals surface area contributed by atoms with Crippen LogP contribution in [0.3, 0.4) is 0 Å². The number of aryl methyl sites for hydroxylation is 2. The van der Waals surface area contributed by atoms with Gasteiger partial charge in [0, 0.05) is 34.8 Å². The molecule has 170 valence electrons. The predicted octanol–water partition coefficient (Wildman–Crippen LogP) is 6.40. The number of amides is 2. The summed E-state index contributed by atoms with van der Waals surface area (Å²) < 4.78 is 0. The van der Waals surface area contributed by atoms with Gasteiger partial charge < -0.3 is 10.2 Å². The summed E-state index contributed by atoms with van der Waals surface area (Å²) in [5.74, 6) is -0.123. The van der Waals surface area contributed by atoms with Crippen molar-refractivity contribution in [1.82, 2.24) is 0 Å². The van der Waals surface area contributed by atoms with E-state index >= 15 is 0 Å². The van der Waals surface area contributed by atoms with Crippen molar-refractivity contribution in [3.8, 4) is 0 Å². The summed E-state index contributed by atoms with van der Waals surface area (Å²) in [7, 11) is 0. The van der Waals surface area contributed by atoms with Gasteiger partial charge in [0.05, 0.1) is 0 Å². The Morgan fingerprint density at radius 1 is 0.879 bits per heavy atom. The monoisotopic (exact) mass is 440 g/mol. The molecular formula is C29H32N2O2. The molecule has 4 rings (SSSR count). The van der Waals surface area contributed by atoms with Gasteiger partial charge in [0.2, 0.25) is 5.91 Å². The number of rotatable bonds is 3. The van der Waals surface area contributed by atoms with E-state index in [1.165, 1.54) is 5.56 Å². The second kappa shape index (κ2) is 8.18. The van der Waals surface area contributed by atoms with Crippen molar-refractivity contribution in [3.63, 3.8) is 0 Å². The van der Waals surface area contributed by atoms with E-state index in [4.69, 9.17) is 0 Å². The third kappa shape index (κ3) is 4.06. The summed E-state index contributed by atoms with van der Waals surface area (Å²) in [5, 5.41) is 3.07. The number of nitrogens with zero attached hydrogens (tertiary/aromatic N) is 1. The van der Waals surface area contributed by atoms with E-state index < -0.39 is 0 Å². The molecule has 1 N–H and O–H groups in total. The Labute approximate surface area is 196 Å². The van der Waals surface area contributed by atoms with Crippen LogP contribution < -0.4 is 10.2 Å². The lowest BCUT2D eigenvalue weighted by atomic mass is 9.65. The smallest absolute Gasteiger partial charge is 0.255 e. The zero-order valence-electron chi connectivity index (χ0n) is 20.3. The number of hydrogen-bond acceptors (Lipinski definition) is 2. The van der Waals surface area contributed by atoms with Gasteiger partial charge in [-0.3, -0.25) is 9.59 Å². The largest absolute Gasteiger partial charge is 0.322 e. The molecule has 0 aliphatic carbocycles. The second-order valence-electron chi connectivity index (χ2n) is 10.0. The molecule has 0 bridgehead atoms. The van der Waals surface area contributed by atoms with Crippen LogP contribution in [0.5, 0.6) is 0 Å². The minimum atomic E-state index is -0.354. The Hall–Kier alpha value is -3.40. The van der Waals surface area contributed by atoms with Gasteiger partial charge in [-0.05, 0) is 86.7 Å². The summed E-state index contributed by atoms with van der Waals surface area (Å²) in [6.45, 7) is 12.1. The lowest BCUT2D eigenvalue weighted by Crippen LogP contribution is -2.55. The first-order chi connectivity index (χ1) is 15.5. The highest BCUT2D eigenvalue weighted by Crippen LogP contribution is 2.51. The molecule has 0 radical (unpaired) electrons. The highest BCUT2D eigenvalue weighted by molar-refractivity contribution is 6.05. The Bertz CT molecular complexity index is 1230. The van der Waals surface area contributed by atoms with Crippen LogP contribution in [0.2, 0.25) is 0 Å². The summed E-state index contributed by atoms with van der Waals surface area (Å²) >= 11 is 0. The average molecular weight is 441 g/mol. The highest BCUT2D eigenvalue weighted by Gasteiger charge is 2.47. The van der Waals surface area contributed by atoms with Gasteiger partial charge in [-0.25, -0.2) is 0 Å². The van der Waals surface area contributed by atoms with Crippen LogP contribution in [0.15, 0.2) is 66.7 Å². The molecule has 1 aliphatic rings. The van der Waals surface area contributed by atoms with Crippen LogP contribution >= 0.6 is 0 Å². The third-order valence-corrected chi connectivity index (χ3v) is 6.98. The SMILES string of the molecule is CC(=O)N1c2ccc(NC(=O)c3ccc(C)c(C)c3)cc2C(C)(c2ccccc2)CC1(C)C. The Kier molecular flexibility index (Phi) is 5.65. The van der Waals surface area contributed by atoms with E-state index in [2.05, 4.69) is 50.4 Å². The van der Waals surface area contributed by atoms with Crippen LogP contribution in [0.25, 0.3) is 0 Å². The molecule has 0 spiro atoms. The summed E-state index contributed by atoms with van der Waals surface area (Å²) in [6.07, 6.45) is 0.769. The molecule has 0 saturated heterocycles. The zero-order valence-corrected chi connectivity index (χ0v) is 20.3. The zero-order chi connectivity index (χ0) is 24.0. The molecule has 3 aromatic carbocycles. The third-order valence-electron chi connectivity index (χ3n) is 6.98. The van der Waals surface area contributed by atoms with Crippen molar-refractivity contribution >= 4 is 23.2 Å². The van der Waals surface area contributed by atoms with E-state index in [0.717, 1.165) is 34.5 Å². The molecule has 4 heteroatoms. The summed E-state index contributed by atoms with van der Waals surface area (Å²) in [6, 6.07) is 22.0. The first-order valence-corrected chi connectivity index (χ1v) is 11.4. The number of fused-ring (bicyclic) bond motifs is 1. The quantitative estimate of drug-likeness (QED) is 0.512. The normalized spacial score (nSPS) is 19.0. The minimum Gasteiger partial charge on any atom is -0.322 e. The van der Waals surface area contributed by atoms with Gasteiger partial charge in [-0.2, -0.15) is 0 Å². The van der Waals surface area contributed by atoms with Gasteiger partial charge in [0.25, 0.3) is 5.91 Å². The molecule has 0 saturated carbocycles. The van der Waals surface area contributed by atoms with Gasteiger partial charge >= 0.3 is 0 Å². The van der Waals surface area contributed by atoms with Gasteiger partial charge in [0.1, 0.15) is 0 Å². The van der Waals surface area contributed by atoms with Crippen molar-refractivity contribution in [2.45, 2.75) is 58.9 Å². The standard InChI is InChI=1S/C29H32N2O2/c1-19-12-13-22(16-20(19)2)27(33)30-24-14-15-26-25(17-24)29(6,23-10-8-7-9-11-23)18-28(4,5)31(26)21(3)32/h7-17H,18H2,1-6H3,(H,30,33). The van der Waals surface area contributed by atoms with E-state index in [-0.39, 0.29) is 22.8 Å². The highest BCUT2D eigenvalue weighted by atomic mass is 16.2. The lowest BCUT2D eigenvalue weighted by molar-refractivity contribution is -0.117. The number of anilines is 2. The second-order valence-corrected chi connectivity index (χ2v) is 10.0. The van der Waals surface area contributed by atoms with Crippen molar-refractivity contribution in [2.75, 3.05) is 10.2 Å². The number of carbonyl (C=O) groups excluding carboxylic acids is 2. The van der Waals surface area contributed by atoms with Crippen molar-refractivity contribution in [3.05, 3.63) is 94.5 Å². The Morgan fingerprint density at radius 2 is 1.58 bits per heavy atom. The molecular weight excluding hydrogens is 408 g/mol. The average Bonchev–Trinajstić information content (AvgIpc) is 2.75. The molecule has 0 fully saturated rings. The summed E-state index contributed by atoms with van der Waals surface area (Å²) in [4.78, 5) is 27.6. The van der Waals surface area contributed by atoms with E-state index in [9.17, 15) is 9.59 Å². The van der Waals surface area contributed by atoms with Crippen molar-refractivity contribution in [1.29, 1.82) is 0 Å². The van der Waals surface area contributed by atoms with Gasteiger partial charge in [0.15, 0.2) is 0 Å². The molecule has 1 unspecified atom stereocenters. The molecule has 1 heterocycles.